The number of benzene rings is 1. The number of carbonyl (C=O) groups excluding carboxylic acids is 1. The number of nitrogens with zero attached hydrogens (tertiary/aromatic N) is 3. The summed E-state index contributed by atoms with van der Waals surface area (Å²) in [7, 11) is 3.94. The van der Waals surface area contributed by atoms with E-state index in [0.29, 0.717) is 33.6 Å². The van der Waals surface area contributed by atoms with Crippen molar-refractivity contribution in [1.29, 1.82) is 0 Å². The molecule has 3 heterocycles. The van der Waals surface area contributed by atoms with Crippen LogP contribution in [0, 0.1) is 5.82 Å². The van der Waals surface area contributed by atoms with E-state index in [4.69, 9.17) is 14.2 Å². The molecule has 1 amide bonds. The number of rotatable bonds is 7. The van der Waals surface area contributed by atoms with Crippen LogP contribution in [0.2, 0.25) is 0 Å². The summed E-state index contributed by atoms with van der Waals surface area (Å²) in [6.45, 7) is 0. The number of aromatic nitrogens is 3. The van der Waals surface area contributed by atoms with Gasteiger partial charge in [0.1, 0.15) is 11.5 Å². The second-order valence-corrected chi connectivity index (χ2v) is 8.30. The number of nitrogens with one attached hydrogen (secondary N) is 1. The number of halogens is 1. The largest absolute Gasteiger partial charge is 0.489 e. The van der Waals surface area contributed by atoms with E-state index in [9.17, 15) is 4.79 Å². The zero-order valence-electron chi connectivity index (χ0n) is 18.1. The van der Waals surface area contributed by atoms with Crippen LogP contribution in [0.25, 0.3) is 10.9 Å². The Morgan fingerprint density at radius 2 is 1.94 bits per heavy atom. The summed E-state index contributed by atoms with van der Waals surface area (Å²) in [6, 6.07) is 7.74. The van der Waals surface area contributed by atoms with E-state index in [1.54, 1.807) is 42.9 Å². The smallest absolute Gasteiger partial charge is 0.261 e. The van der Waals surface area contributed by atoms with Gasteiger partial charge in [-0.3, -0.25) is 14.8 Å². The molecule has 1 aliphatic rings. The first kappa shape index (κ1) is 22.0. The van der Waals surface area contributed by atoms with Crippen molar-refractivity contribution in [3.8, 4) is 23.1 Å². The quantitative estimate of drug-likeness (QED) is 0.397. The number of carbonyl (C=O) groups is 1. The van der Waals surface area contributed by atoms with Crippen molar-refractivity contribution in [2.24, 2.45) is 0 Å². The molecule has 3 aromatic heterocycles. The fourth-order valence-electron chi connectivity index (χ4n) is 3.32. The molecule has 0 radical (unpaired) electrons. The maximum Gasteiger partial charge on any atom is 0.261 e. The van der Waals surface area contributed by atoms with Gasteiger partial charge in [0.2, 0.25) is 5.88 Å². The lowest BCUT2D eigenvalue weighted by Gasteiger charge is -2.14. The number of anilines is 1. The van der Waals surface area contributed by atoms with Gasteiger partial charge < -0.3 is 19.5 Å². The molecule has 1 aliphatic carbocycles. The van der Waals surface area contributed by atoms with Crippen LogP contribution in [-0.2, 0) is 0 Å². The predicted molar refractivity (Wildman–Crippen MR) is 128 cm³/mol. The molecule has 0 aliphatic heterocycles. The molecule has 0 bridgehead atoms. The monoisotopic (exact) mass is 478 g/mol. The van der Waals surface area contributed by atoms with Gasteiger partial charge in [0.05, 0.1) is 29.7 Å². The Balaban J connectivity index is 1.39. The molecular weight excluding hydrogens is 458 g/mol. The third kappa shape index (κ3) is 4.61. The summed E-state index contributed by atoms with van der Waals surface area (Å²) >= 11 is 0. The van der Waals surface area contributed by atoms with Crippen molar-refractivity contribution in [3.05, 3.63) is 66.5 Å². The minimum absolute atomic E-state index is 0.00505. The van der Waals surface area contributed by atoms with Gasteiger partial charge in [0, 0.05) is 47.9 Å². The number of pyridine rings is 3. The molecule has 10 heteroatoms. The molecule has 172 valence electrons. The Morgan fingerprint density at radius 3 is 2.71 bits per heavy atom. The Bertz CT molecular complexity index is 1370. The van der Waals surface area contributed by atoms with Crippen molar-refractivity contribution in [3.63, 3.8) is 0 Å². The summed E-state index contributed by atoms with van der Waals surface area (Å²) in [6.07, 6.45) is 8.16. The van der Waals surface area contributed by atoms with E-state index in [1.807, 2.05) is 0 Å². The highest BCUT2D eigenvalue weighted by Gasteiger charge is 2.26. The van der Waals surface area contributed by atoms with Gasteiger partial charge in [-0.25, -0.2) is 9.37 Å². The molecule has 0 saturated heterocycles. The summed E-state index contributed by atoms with van der Waals surface area (Å²) < 4.78 is 31.8. The normalized spacial score (nSPS) is 12.9. The van der Waals surface area contributed by atoms with E-state index in [1.165, 1.54) is 19.4 Å². The van der Waals surface area contributed by atoms with Crippen LogP contribution in [0.4, 0.5) is 10.1 Å². The Labute approximate surface area is 196 Å². The van der Waals surface area contributed by atoms with Crippen LogP contribution in [0.5, 0.6) is 23.1 Å². The number of hydrogen-bond donors (Lipinski definition) is 1. The number of hydrogen-bond acceptors (Lipinski definition) is 7. The molecule has 8 nitrogen and oxygen atoms in total. The highest BCUT2D eigenvalue weighted by Crippen LogP contribution is 2.33. The first-order valence-corrected chi connectivity index (χ1v) is 11.1. The van der Waals surface area contributed by atoms with Crippen molar-refractivity contribution < 1.29 is 23.4 Å². The van der Waals surface area contributed by atoms with Gasteiger partial charge in [-0.05, 0) is 31.0 Å². The second kappa shape index (κ2) is 9.19. The first-order valence-electron chi connectivity index (χ1n) is 10.5. The summed E-state index contributed by atoms with van der Waals surface area (Å²) in [5.74, 6) is 0.171. The Hall–Kier alpha value is -3.84. The lowest BCUT2D eigenvalue weighted by atomic mass is 10.2. The topological polar surface area (TPSA) is 95.5 Å². The summed E-state index contributed by atoms with van der Waals surface area (Å²) in [4.78, 5) is 25.3. The van der Waals surface area contributed by atoms with Crippen LogP contribution in [0.15, 0.2) is 55.1 Å². The van der Waals surface area contributed by atoms with E-state index in [-0.39, 0.29) is 23.1 Å². The van der Waals surface area contributed by atoms with Crippen LogP contribution < -0.4 is 24.8 Å². The van der Waals surface area contributed by atoms with Crippen molar-refractivity contribution in [2.45, 2.75) is 18.9 Å². The molecule has 4 aromatic rings. The number of fused-ring (bicyclic) bond motifs is 1. The van der Waals surface area contributed by atoms with Gasteiger partial charge in [0.25, 0.3) is 5.91 Å². The first-order chi connectivity index (χ1) is 16.5. The van der Waals surface area contributed by atoms with Gasteiger partial charge in [-0.2, -0.15) is 0 Å². The van der Waals surface area contributed by atoms with Crippen LogP contribution in [0.1, 0.15) is 23.2 Å². The van der Waals surface area contributed by atoms with Crippen molar-refractivity contribution in [1.82, 2.24) is 15.0 Å². The highest BCUT2D eigenvalue weighted by molar-refractivity contribution is 7.27. The molecule has 0 spiro atoms. The van der Waals surface area contributed by atoms with E-state index in [0.717, 1.165) is 12.8 Å². The predicted octanol–water partition coefficient (Wildman–Crippen LogP) is 4.26. The molecule has 1 aromatic carbocycles. The minimum atomic E-state index is -0.644. The van der Waals surface area contributed by atoms with Crippen molar-refractivity contribution in [2.75, 3.05) is 12.4 Å². The van der Waals surface area contributed by atoms with Gasteiger partial charge in [-0.15, -0.1) is 9.24 Å². The average Bonchev–Trinajstić information content (AvgIpc) is 3.65. The number of amides is 1. The van der Waals surface area contributed by atoms with Crippen molar-refractivity contribution >= 4 is 37.0 Å². The third-order valence-electron chi connectivity index (χ3n) is 5.16. The molecule has 1 unspecified atom stereocenters. The zero-order valence-corrected chi connectivity index (χ0v) is 19.3. The minimum Gasteiger partial charge on any atom is -0.489 e. The Morgan fingerprint density at radius 1 is 1.12 bits per heavy atom. The maximum absolute atomic E-state index is 15.0. The van der Waals surface area contributed by atoms with E-state index >= 15 is 4.39 Å². The van der Waals surface area contributed by atoms with Crippen LogP contribution >= 0.6 is 9.24 Å². The molecule has 1 atom stereocenters. The van der Waals surface area contributed by atoms with Gasteiger partial charge in [-0.1, -0.05) is 0 Å². The molecule has 34 heavy (non-hydrogen) atoms. The SMILES string of the molecule is COc1cc2nccc(Oc3c(F)cc(NC(=O)c4cnccc4OC4CC4)cc3P)c2cn1. The standard InChI is InChI=1S/C24H20FN4O4P/c1-31-22-10-18-15(12-28-22)19(5-7-27-18)33-23-17(25)8-13(9-21(23)34)29-24(30)16-11-26-6-4-20(16)32-14-2-3-14/h4-12,14H,2-3,34H2,1H3,(H,29,30). The summed E-state index contributed by atoms with van der Waals surface area (Å²) in [5.41, 5.74) is 1.15. The summed E-state index contributed by atoms with van der Waals surface area (Å²) in [5, 5.41) is 3.73. The lowest BCUT2D eigenvalue weighted by molar-refractivity contribution is 0.102. The lowest BCUT2D eigenvalue weighted by Crippen LogP contribution is -2.16. The van der Waals surface area contributed by atoms with E-state index in [2.05, 4.69) is 29.5 Å². The molecule has 1 N–H and O–H groups in total. The van der Waals surface area contributed by atoms with E-state index < -0.39 is 11.7 Å². The van der Waals surface area contributed by atoms with Gasteiger partial charge >= 0.3 is 0 Å². The third-order valence-corrected chi connectivity index (χ3v) is 5.59. The number of methoxy groups -OCH3 is 1. The Kier molecular flexibility index (Phi) is 5.94. The zero-order chi connectivity index (χ0) is 23.7. The molecule has 1 saturated carbocycles. The molecule has 1 fully saturated rings. The average molecular weight is 478 g/mol. The molecule has 5 rings (SSSR count). The fourth-order valence-corrected chi connectivity index (χ4v) is 3.70. The van der Waals surface area contributed by atoms with Gasteiger partial charge in [0.15, 0.2) is 11.6 Å². The van der Waals surface area contributed by atoms with Crippen LogP contribution in [0.3, 0.4) is 0 Å². The maximum atomic E-state index is 15.0. The highest BCUT2D eigenvalue weighted by atomic mass is 31.0. The molecular formula is C24H20FN4O4P. The fraction of sp³-hybridized carbons (Fsp3) is 0.167. The van der Waals surface area contributed by atoms with Crippen LogP contribution in [-0.4, -0.2) is 34.1 Å². The number of ether oxygens (including phenoxy) is 3. The second-order valence-electron chi connectivity index (χ2n) is 7.67.